The lowest BCUT2D eigenvalue weighted by molar-refractivity contribution is 0.482. The second kappa shape index (κ2) is 11.0. The summed E-state index contributed by atoms with van der Waals surface area (Å²) in [5.74, 6) is 1.75. The predicted molar refractivity (Wildman–Crippen MR) is 103 cm³/mol. The maximum Gasteiger partial charge on any atom is 0.127 e. The number of benzene rings is 2. The molecule has 1 aromatic heterocycles. The molecule has 0 saturated carbocycles. The van der Waals surface area contributed by atoms with E-state index < -0.39 is 0 Å². The zero-order valence-corrected chi connectivity index (χ0v) is 15.3. The highest BCUT2D eigenvalue weighted by Crippen LogP contribution is 2.20. The zero-order valence-electron chi connectivity index (χ0n) is 15.3. The summed E-state index contributed by atoms with van der Waals surface area (Å²) in [6.07, 6.45) is 1.87. The maximum absolute atomic E-state index is 5.63. The lowest BCUT2D eigenvalue weighted by atomic mass is 10.2. The van der Waals surface area contributed by atoms with Crippen LogP contribution in [-0.2, 0) is 0 Å². The van der Waals surface area contributed by atoms with Crippen LogP contribution in [0.1, 0.15) is 30.7 Å². The predicted octanol–water partition coefficient (Wildman–Crippen LogP) is 6.51. The Morgan fingerprint density at radius 3 is 1.67 bits per heavy atom. The molecule has 0 fully saturated rings. The van der Waals surface area contributed by atoms with Gasteiger partial charge in [-0.1, -0.05) is 55.8 Å². The molecule has 0 radical (unpaired) electrons. The second-order valence-electron chi connectivity index (χ2n) is 5.21. The molecular formula is C22H27NO. The number of aryl methyl sites for hydroxylation is 3. The van der Waals surface area contributed by atoms with Crippen molar-refractivity contribution >= 4 is 0 Å². The van der Waals surface area contributed by atoms with Gasteiger partial charge in [-0.15, -0.1) is 0 Å². The summed E-state index contributed by atoms with van der Waals surface area (Å²) in [6, 6.07) is 21.9. The van der Waals surface area contributed by atoms with Gasteiger partial charge in [0.2, 0.25) is 0 Å². The summed E-state index contributed by atoms with van der Waals surface area (Å²) in [6.45, 7) is 10.1. The first-order valence-electron chi connectivity index (χ1n) is 8.32. The molecule has 0 bridgehead atoms. The number of hydrogen-bond acceptors (Lipinski definition) is 2. The van der Waals surface area contributed by atoms with E-state index in [4.69, 9.17) is 4.74 Å². The molecule has 0 unspecified atom stereocenters. The van der Waals surface area contributed by atoms with Gasteiger partial charge in [0.15, 0.2) is 0 Å². The number of aromatic nitrogens is 1. The Balaban J connectivity index is 0.000000245. The van der Waals surface area contributed by atoms with Crippen molar-refractivity contribution in [2.45, 2.75) is 34.6 Å². The van der Waals surface area contributed by atoms with E-state index in [9.17, 15) is 0 Å². The molecule has 0 amide bonds. The fourth-order valence-corrected chi connectivity index (χ4v) is 1.77. The quantitative estimate of drug-likeness (QED) is 0.536. The number of ether oxygens (including phenoxy) is 1. The van der Waals surface area contributed by atoms with Gasteiger partial charge in [0.1, 0.15) is 11.5 Å². The molecule has 0 atom stereocenters. The third kappa shape index (κ3) is 7.59. The number of rotatable bonds is 2. The highest BCUT2D eigenvalue weighted by molar-refractivity contribution is 5.32. The molecule has 3 rings (SSSR count). The van der Waals surface area contributed by atoms with Crippen LogP contribution in [0.4, 0.5) is 0 Å². The van der Waals surface area contributed by atoms with Gasteiger partial charge in [-0.2, -0.15) is 0 Å². The highest BCUT2D eigenvalue weighted by atomic mass is 16.5. The molecule has 0 aliphatic carbocycles. The van der Waals surface area contributed by atoms with Gasteiger partial charge < -0.3 is 4.74 Å². The van der Waals surface area contributed by atoms with Crippen LogP contribution in [0.2, 0.25) is 0 Å². The fraction of sp³-hybridized carbons (Fsp3) is 0.227. The molecule has 0 aliphatic heterocycles. The summed E-state index contributed by atoms with van der Waals surface area (Å²) in [5, 5.41) is 0. The maximum atomic E-state index is 5.63. The minimum absolute atomic E-state index is 0.872. The summed E-state index contributed by atoms with van der Waals surface area (Å²) in [5.41, 5.74) is 3.54. The first-order chi connectivity index (χ1) is 11.6. The van der Waals surface area contributed by atoms with Crippen molar-refractivity contribution in [3.8, 4) is 11.5 Å². The summed E-state index contributed by atoms with van der Waals surface area (Å²) < 4.78 is 5.63. The molecule has 0 saturated heterocycles. The van der Waals surface area contributed by atoms with Crippen molar-refractivity contribution < 1.29 is 4.74 Å². The molecule has 2 heteroatoms. The van der Waals surface area contributed by atoms with Crippen molar-refractivity contribution in [3.63, 3.8) is 0 Å². The standard InChI is InChI=1S/C13H12O.C7H9N.C2H6/c1-11-7-9-13(10-8-11)14-12-5-3-2-4-6-12;1-6-3-4-7(2)8-5-6;1-2/h2-10H,1H3;3-5H,1-2H3;1-2H3. The van der Waals surface area contributed by atoms with Crippen LogP contribution in [0, 0.1) is 20.8 Å². The van der Waals surface area contributed by atoms with Gasteiger partial charge in [0.05, 0.1) is 0 Å². The Labute approximate surface area is 146 Å². The van der Waals surface area contributed by atoms with Crippen molar-refractivity contribution in [2.24, 2.45) is 0 Å². The van der Waals surface area contributed by atoms with Gasteiger partial charge >= 0.3 is 0 Å². The SMILES string of the molecule is CC.Cc1ccc(C)nc1.Cc1ccc(Oc2ccccc2)cc1. The van der Waals surface area contributed by atoms with E-state index in [1.54, 1.807) is 0 Å². The van der Waals surface area contributed by atoms with Crippen molar-refractivity contribution in [2.75, 3.05) is 0 Å². The van der Waals surface area contributed by atoms with Crippen LogP contribution in [0.25, 0.3) is 0 Å². The van der Waals surface area contributed by atoms with Crippen LogP contribution in [0.15, 0.2) is 72.9 Å². The molecular weight excluding hydrogens is 294 g/mol. The third-order valence-corrected chi connectivity index (χ3v) is 3.06. The van der Waals surface area contributed by atoms with E-state index in [2.05, 4.69) is 18.0 Å². The van der Waals surface area contributed by atoms with Gasteiger partial charge in [-0.3, -0.25) is 4.98 Å². The highest BCUT2D eigenvalue weighted by Gasteiger charge is 1.94. The van der Waals surface area contributed by atoms with Gasteiger partial charge in [0.25, 0.3) is 0 Å². The van der Waals surface area contributed by atoms with E-state index in [1.165, 1.54) is 11.1 Å². The molecule has 2 nitrogen and oxygen atoms in total. The normalized spacial score (nSPS) is 9.04. The van der Waals surface area contributed by atoms with E-state index in [-0.39, 0.29) is 0 Å². The number of para-hydroxylation sites is 1. The van der Waals surface area contributed by atoms with Gasteiger partial charge in [-0.25, -0.2) is 0 Å². The fourth-order valence-electron chi connectivity index (χ4n) is 1.77. The van der Waals surface area contributed by atoms with E-state index in [0.29, 0.717) is 0 Å². The molecule has 0 spiro atoms. The minimum atomic E-state index is 0.872. The van der Waals surface area contributed by atoms with Crippen molar-refractivity contribution in [1.29, 1.82) is 0 Å². The molecule has 0 N–H and O–H groups in total. The summed E-state index contributed by atoms with van der Waals surface area (Å²) >= 11 is 0. The van der Waals surface area contributed by atoms with Crippen LogP contribution in [0.5, 0.6) is 11.5 Å². The Morgan fingerprint density at radius 2 is 1.17 bits per heavy atom. The largest absolute Gasteiger partial charge is 0.457 e. The Morgan fingerprint density at radius 1 is 0.625 bits per heavy atom. The van der Waals surface area contributed by atoms with Crippen LogP contribution in [0.3, 0.4) is 0 Å². The lowest BCUT2D eigenvalue weighted by Gasteiger charge is -2.04. The van der Waals surface area contributed by atoms with Gasteiger partial charge in [0, 0.05) is 11.9 Å². The van der Waals surface area contributed by atoms with E-state index >= 15 is 0 Å². The molecule has 0 aliphatic rings. The number of hydrogen-bond donors (Lipinski definition) is 0. The smallest absolute Gasteiger partial charge is 0.127 e. The lowest BCUT2D eigenvalue weighted by Crippen LogP contribution is -1.82. The first kappa shape index (κ1) is 19.4. The van der Waals surface area contributed by atoms with Crippen molar-refractivity contribution in [3.05, 3.63) is 89.7 Å². The minimum Gasteiger partial charge on any atom is -0.457 e. The third-order valence-electron chi connectivity index (χ3n) is 3.06. The van der Waals surface area contributed by atoms with Gasteiger partial charge in [-0.05, 0) is 56.7 Å². The average molecular weight is 321 g/mol. The molecule has 2 aromatic carbocycles. The Hall–Kier alpha value is -2.61. The van der Waals surface area contributed by atoms with Crippen molar-refractivity contribution in [1.82, 2.24) is 4.98 Å². The number of nitrogens with zero attached hydrogens (tertiary/aromatic N) is 1. The first-order valence-corrected chi connectivity index (χ1v) is 8.32. The monoisotopic (exact) mass is 321 g/mol. The second-order valence-corrected chi connectivity index (χ2v) is 5.21. The van der Waals surface area contributed by atoms with E-state index in [0.717, 1.165) is 17.2 Å². The Bertz CT molecular complexity index is 652. The van der Waals surface area contributed by atoms with E-state index in [1.807, 2.05) is 94.6 Å². The molecule has 3 aromatic rings. The molecule has 126 valence electrons. The Kier molecular flexibility index (Phi) is 8.91. The average Bonchev–Trinajstić information content (AvgIpc) is 2.63. The van der Waals surface area contributed by atoms with Crippen LogP contribution >= 0.6 is 0 Å². The van der Waals surface area contributed by atoms with Crippen LogP contribution in [-0.4, -0.2) is 4.98 Å². The zero-order chi connectivity index (χ0) is 17.8. The number of pyridine rings is 1. The molecule has 24 heavy (non-hydrogen) atoms. The summed E-state index contributed by atoms with van der Waals surface area (Å²) in [7, 11) is 0. The topological polar surface area (TPSA) is 22.1 Å². The summed E-state index contributed by atoms with van der Waals surface area (Å²) in [4.78, 5) is 4.08. The van der Waals surface area contributed by atoms with Crippen LogP contribution < -0.4 is 4.74 Å². The molecule has 1 heterocycles.